The lowest BCUT2D eigenvalue weighted by Gasteiger charge is -2.29. The topological polar surface area (TPSA) is 3.24 Å². The largest absolute Gasteiger partial charge is 0.304 e. The molecule has 0 radical (unpaired) electrons. The molecule has 76 valence electrons. The Hall–Kier alpha value is -0.470. The second-order valence-electron chi connectivity index (χ2n) is 4.03. The van der Waals surface area contributed by atoms with E-state index >= 15 is 0 Å². The van der Waals surface area contributed by atoms with Crippen molar-refractivity contribution in [2.45, 2.75) is 12.2 Å². The lowest BCUT2D eigenvalue weighted by molar-refractivity contribution is 0.347. The molecule has 1 aliphatic heterocycles. The molecule has 0 aromatic heterocycles. The van der Waals surface area contributed by atoms with E-state index in [9.17, 15) is 0 Å². The summed E-state index contributed by atoms with van der Waals surface area (Å²) in [6.45, 7) is 4.56. The molecule has 1 aromatic carbocycles. The molecule has 1 heterocycles. The number of aryl methyl sites for hydroxylation is 1. The standard InChI is InChI=1S/C12H17NS/c1-10-3-5-11(6-4-10)12-9-13(2)7-8-14-12/h3-6,12H,7-9H2,1-2H3. The molecule has 1 fully saturated rings. The number of hydrogen-bond acceptors (Lipinski definition) is 2. The molecule has 0 amide bonds. The highest BCUT2D eigenvalue weighted by molar-refractivity contribution is 7.99. The fourth-order valence-corrected chi connectivity index (χ4v) is 3.17. The van der Waals surface area contributed by atoms with Crippen LogP contribution < -0.4 is 0 Å². The van der Waals surface area contributed by atoms with Gasteiger partial charge >= 0.3 is 0 Å². The Balaban J connectivity index is 2.10. The zero-order valence-electron chi connectivity index (χ0n) is 8.86. The van der Waals surface area contributed by atoms with Crippen LogP contribution in [0, 0.1) is 6.92 Å². The molecule has 0 aliphatic carbocycles. The minimum atomic E-state index is 0.675. The summed E-state index contributed by atoms with van der Waals surface area (Å²) in [7, 11) is 2.21. The van der Waals surface area contributed by atoms with Crippen LogP contribution in [-0.2, 0) is 0 Å². The molecule has 1 aromatic rings. The van der Waals surface area contributed by atoms with E-state index in [0.717, 1.165) is 0 Å². The fourth-order valence-electron chi connectivity index (χ4n) is 1.76. The second kappa shape index (κ2) is 4.37. The molecule has 2 rings (SSSR count). The first-order valence-corrected chi connectivity index (χ1v) is 6.17. The van der Waals surface area contributed by atoms with E-state index in [2.05, 4.69) is 54.9 Å². The lowest BCUT2D eigenvalue weighted by atomic mass is 10.1. The Labute approximate surface area is 90.5 Å². The molecule has 1 saturated heterocycles. The Morgan fingerprint density at radius 1 is 1.29 bits per heavy atom. The molecular weight excluding hydrogens is 190 g/mol. The first-order valence-electron chi connectivity index (χ1n) is 5.12. The van der Waals surface area contributed by atoms with Crippen molar-refractivity contribution in [2.75, 3.05) is 25.9 Å². The van der Waals surface area contributed by atoms with Crippen molar-refractivity contribution in [3.63, 3.8) is 0 Å². The number of rotatable bonds is 1. The van der Waals surface area contributed by atoms with Crippen LogP contribution in [0.5, 0.6) is 0 Å². The maximum Gasteiger partial charge on any atom is 0.0424 e. The molecule has 0 bridgehead atoms. The van der Waals surface area contributed by atoms with E-state index in [1.54, 1.807) is 0 Å². The number of likely N-dealkylation sites (N-methyl/N-ethyl adjacent to an activating group) is 1. The Morgan fingerprint density at radius 2 is 2.00 bits per heavy atom. The van der Waals surface area contributed by atoms with Crippen molar-refractivity contribution in [3.8, 4) is 0 Å². The van der Waals surface area contributed by atoms with Gasteiger partial charge in [0, 0.05) is 24.1 Å². The van der Waals surface area contributed by atoms with Gasteiger partial charge in [0.2, 0.25) is 0 Å². The molecule has 0 N–H and O–H groups in total. The number of hydrogen-bond donors (Lipinski definition) is 0. The smallest absolute Gasteiger partial charge is 0.0424 e. The SMILES string of the molecule is Cc1ccc(C2CN(C)CCS2)cc1. The van der Waals surface area contributed by atoms with Crippen LogP contribution in [-0.4, -0.2) is 30.8 Å². The van der Waals surface area contributed by atoms with E-state index < -0.39 is 0 Å². The molecule has 0 spiro atoms. The third-order valence-electron chi connectivity index (χ3n) is 2.72. The van der Waals surface area contributed by atoms with Crippen LogP contribution in [0.1, 0.15) is 16.4 Å². The highest BCUT2D eigenvalue weighted by Gasteiger charge is 2.18. The van der Waals surface area contributed by atoms with Crippen molar-refractivity contribution in [3.05, 3.63) is 35.4 Å². The number of benzene rings is 1. The van der Waals surface area contributed by atoms with Crippen molar-refractivity contribution in [2.24, 2.45) is 0 Å². The van der Waals surface area contributed by atoms with Crippen LogP contribution >= 0.6 is 11.8 Å². The highest BCUT2D eigenvalue weighted by Crippen LogP contribution is 2.32. The predicted molar refractivity (Wildman–Crippen MR) is 63.9 cm³/mol. The number of nitrogens with zero attached hydrogens (tertiary/aromatic N) is 1. The monoisotopic (exact) mass is 207 g/mol. The van der Waals surface area contributed by atoms with Gasteiger partial charge in [-0.05, 0) is 19.5 Å². The molecule has 14 heavy (non-hydrogen) atoms. The van der Waals surface area contributed by atoms with Gasteiger partial charge < -0.3 is 4.90 Å². The van der Waals surface area contributed by atoms with Gasteiger partial charge in [0.05, 0.1) is 0 Å². The first-order chi connectivity index (χ1) is 6.75. The lowest BCUT2D eigenvalue weighted by Crippen LogP contribution is -2.30. The highest BCUT2D eigenvalue weighted by atomic mass is 32.2. The summed E-state index contributed by atoms with van der Waals surface area (Å²) in [5.74, 6) is 1.26. The van der Waals surface area contributed by atoms with Gasteiger partial charge in [-0.3, -0.25) is 0 Å². The predicted octanol–water partition coefficient (Wildman–Crippen LogP) is 2.71. The van der Waals surface area contributed by atoms with Crippen molar-refractivity contribution < 1.29 is 0 Å². The van der Waals surface area contributed by atoms with Crippen LogP contribution in [0.4, 0.5) is 0 Å². The zero-order valence-corrected chi connectivity index (χ0v) is 9.68. The first kappa shape index (κ1) is 10.1. The molecule has 1 nitrogen and oxygen atoms in total. The fraction of sp³-hybridized carbons (Fsp3) is 0.500. The van der Waals surface area contributed by atoms with Gasteiger partial charge in [0.1, 0.15) is 0 Å². The van der Waals surface area contributed by atoms with Gasteiger partial charge in [0.15, 0.2) is 0 Å². The second-order valence-corrected chi connectivity index (χ2v) is 5.34. The van der Waals surface area contributed by atoms with Gasteiger partial charge in [-0.2, -0.15) is 11.8 Å². The Bertz CT molecular complexity index is 294. The average Bonchev–Trinajstić information content (AvgIpc) is 2.19. The van der Waals surface area contributed by atoms with Crippen molar-refractivity contribution in [1.82, 2.24) is 4.90 Å². The average molecular weight is 207 g/mol. The molecule has 1 unspecified atom stereocenters. The van der Waals surface area contributed by atoms with Crippen LogP contribution in [0.3, 0.4) is 0 Å². The Morgan fingerprint density at radius 3 is 2.64 bits per heavy atom. The Kier molecular flexibility index (Phi) is 3.14. The van der Waals surface area contributed by atoms with Gasteiger partial charge in [-0.15, -0.1) is 0 Å². The van der Waals surface area contributed by atoms with E-state index in [-0.39, 0.29) is 0 Å². The quantitative estimate of drug-likeness (QED) is 0.696. The van der Waals surface area contributed by atoms with Gasteiger partial charge in [-0.25, -0.2) is 0 Å². The van der Waals surface area contributed by atoms with Crippen molar-refractivity contribution >= 4 is 11.8 Å². The molecular formula is C12H17NS. The third kappa shape index (κ3) is 2.31. The molecule has 0 saturated carbocycles. The van der Waals surface area contributed by atoms with E-state index in [4.69, 9.17) is 0 Å². The van der Waals surface area contributed by atoms with Gasteiger partial charge in [0.25, 0.3) is 0 Å². The maximum absolute atomic E-state index is 2.42. The summed E-state index contributed by atoms with van der Waals surface area (Å²) in [5.41, 5.74) is 2.83. The summed E-state index contributed by atoms with van der Waals surface area (Å²) in [6.07, 6.45) is 0. The molecule has 1 atom stereocenters. The maximum atomic E-state index is 2.42. The zero-order chi connectivity index (χ0) is 9.97. The minimum absolute atomic E-state index is 0.675. The van der Waals surface area contributed by atoms with Crippen LogP contribution in [0.15, 0.2) is 24.3 Å². The van der Waals surface area contributed by atoms with Crippen molar-refractivity contribution in [1.29, 1.82) is 0 Å². The molecule has 2 heteroatoms. The van der Waals surface area contributed by atoms with Gasteiger partial charge in [-0.1, -0.05) is 29.8 Å². The minimum Gasteiger partial charge on any atom is -0.304 e. The third-order valence-corrected chi connectivity index (χ3v) is 3.96. The summed E-state index contributed by atoms with van der Waals surface area (Å²) < 4.78 is 0. The summed E-state index contributed by atoms with van der Waals surface area (Å²) in [4.78, 5) is 2.42. The summed E-state index contributed by atoms with van der Waals surface area (Å²) >= 11 is 2.08. The summed E-state index contributed by atoms with van der Waals surface area (Å²) in [5, 5.41) is 0.675. The van der Waals surface area contributed by atoms with Crippen LogP contribution in [0.2, 0.25) is 0 Å². The van der Waals surface area contributed by atoms with E-state index in [1.807, 2.05) is 0 Å². The normalized spacial score (nSPS) is 23.7. The summed E-state index contributed by atoms with van der Waals surface area (Å²) in [6, 6.07) is 8.97. The molecule has 1 aliphatic rings. The van der Waals surface area contributed by atoms with E-state index in [1.165, 1.54) is 30.0 Å². The number of thioether (sulfide) groups is 1. The van der Waals surface area contributed by atoms with E-state index in [0.29, 0.717) is 5.25 Å². The van der Waals surface area contributed by atoms with Crippen LogP contribution in [0.25, 0.3) is 0 Å².